The third-order valence-corrected chi connectivity index (χ3v) is 6.56. The average molecular weight is 442 g/mol. The van der Waals surface area contributed by atoms with Gasteiger partial charge < -0.3 is 14.7 Å². The molecule has 0 bridgehead atoms. The van der Waals surface area contributed by atoms with Crippen molar-refractivity contribution in [3.8, 4) is 0 Å². The lowest BCUT2D eigenvalue weighted by Gasteiger charge is -2.32. The Bertz CT molecular complexity index is 845. The van der Waals surface area contributed by atoms with Crippen molar-refractivity contribution in [2.75, 3.05) is 31.8 Å². The lowest BCUT2D eigenvalue weighted by molar-refractivity contribution is -0.132. The van der Waals surface area contributed by atoms with E-state index in [0.29, 0.717) is 25.6 Å². The maximum atomic E-state index is 12.6. The molecule has 3 aliphatic rings. The minimum atomic E-state index is -3.14. The lowest BCUT2D eigenvalue weighted by Crippen LogP contribution is -2.40. The smallest absolute Gasteiger partial charge is 0.290 e. The summed E-state index contributed by atoms with van der Waals surface area (Å²) in [6, 6.07) is 0. The first-order chi connectivity index (χ1) is 14.3. The van der Waals surface area contributed by atoms with E-state index in [0.717, 1.165) is 30.3 Å². The monoisotopic (exact) mass is 441 g/mol. The van der Waals surface area contributed by atoms with Gasteiger partial charge in [-0.25, -0.2) is 8.42 Å². The van der Waals surface area contributed by atoms with E-state index in [1.165, 1.54) is 31.9 Å². The Kier molecular flexibility index (Phi) is 7.51. The van der Waals surface area contributed by atoms with Crippen LogP contribution >= 0.6 is 0 Å². The number of carbonyl (C=O) groups excluding carboxylic acids is 1. The van der Waals surface area contributed by atoms with E-state index in [-0.39, 0.29) is 30.5 Å². The minimum Gasteiger partial charge on any atom is -0.483 e. The SMILES string of the molecule is CS(=O)(=O)CCC(=O)N1Cc2cn(CC3CC3)nc2C(COCC2CC2)C1.O=CO. The van der Waals surface area contributed by atoms with E-state index < -0.39 is 9.84 Å². The number of aromatic nitrogens is 2. The molecule has 1 N–H and O–H groups in total. The summed E-state index contributed by atoms with van der Waals surface area (Å²) in [6.45, 7) is 3.13. The van der Waals surface area contributed by atoms with Crippen molar-refractivity contribution in [2.24, 2.45) is 11.8 Å². The van der Waals surface area contributed by atoms with Crippen LogP contribution in [0.4, 0.5) is 0 Å². The molecule has 0 radical (unpaired) electrons. The molecule has 9 nitrogen and oxygen atoms in total. The normalized spacial score (nSPS) is 20.8. The number of fused-ring (bicyclic) bond motifs is 1. The molecule has 2 aliphatic carbocycles. The number of hydrogen-bond donors (Lipinski definition) is 1. The summed E-state index contributed by atoms with van der Waals surface area (Å²) < 4.78 is 30.7. The van der Waals surface area contributed by atoms with Crippen molar-refractivity contribution in [3.63, 3.8) is 0 Å². The zero-order valence-electron chi connectivity index (χ0n) is 17.4. The van der Waals surface area contributed by atoms with Gasteiger partial charge in [-0.2, -0.15) is 5.10 Å². The van der Waals surface area contributed by atoms with Crippen molar-refractivity contribution >= 4 is 22.2 Å². The molecule has 0 saturated heterocycles. The Morgan fingerprint density at radius 1 is 1.27 bits per heavy atom. The van der Waals surface area contributed by atoms with E-state index in [1.807, 2.05) is 4.68 Å². The second-order valence-corrected chi connectivity index (χ2v) is 10.9. The average Bonchev–Trinajstić information content (AvgIpc) is 3.59. The highest BCUT2D eigenvalue weighted by molar-refractivity contribution is 7.90. The molecule has 10 heteroatoms. The molecule has 4 rings (SSSR count). The van der Waals surface area contributed by atoms with Gasteiger partial charge in [-0.1, -0.05) is 0 Å². The molecule has 1 aromatic heterocycles. The number of carboxylic acid groups (broad SMARTS) is 1. The molecule has 1 amide bonds. The fraction of sp³-hybridized carbons (Fsp3) is 0.750. The van der Waals surface area contributed by atoms with Crippen molar-refractivity contribution in [1.82, 2.24) is 14.7 Å². The van der Waals surface area contributed by atoms with Crippen LogP contribution in [-0.2, 0) is 37.3 Å². The first kappa shape index (κ1) is 22.7. The summed E-state index contributed by atoms with van der Waals surface area (Å²) in [7, 11) is -3.14. The Morgan fingerprint density at radius 2 is 1.93 bits per heavy atom. The molecule has 2 heterocycles. The predicted octanol–water partition coefficient (Wildman–Crippen LogP) is 1.28. The maximum absolute atomic E-state index is 12.6. The van der Waals surface area contributed by atoms with Crippen LogP contribution in [0.1, 0.15) is 49.3 Å². The van der Waals surface area contributed by atoms with Gasteiger partial charge in [-0.15, -0.1) is 0 Å². The second kappa shape index (κ2) is 9.91. The molecular weight excluding hydrogens is 410 g/mol. The van der Waals surface area contributed by atoms with E-state index >= 15 is 0 Å². The van der Waals surface area contributed by atoms with Crippen LogP contribution < -0.4 is 0 Å². The van der Waals surface area contributed by atoms with E-state index in [1.54, 1.807) is 4.90 Å². The molecule has 168 valence electrons. The van der Waals surface area contributed by atoms with Crippen molar-refractivity contribution < 1.29 is 27.9 Å². The van der Waals surface area contributed by atoms with Gasteiger partial charge in [-0.3, -0.25) is 14.3 Å². The Hall–Kier alpha value is -1.94. The highest BCUT2D eigenvalue weighted by Crippen LogP contribution is 2.33. The molecule has 1 atom stereocenters. The Morgan fingerprint density at radius 3 is 2.53 bits per heavy atom. The van der Waals surface area contributed by atoms with Crippen molar-refractivity contribution in [1.29, 1.82) is 0 Å². The van der Waals surface area contributed by atoms with Crippen LogP contribution in [0, 0.1) is 11.8 Å². The van der Waals surface area contributed by atoms with Gasteiger partial charge in [-0.05, 0) is 37.5 Å². The molecular formula is C20H31N3O6S. The number of ether oxygens (including phenoxy) is 1. The molecule has 1 unspecified atom stereocenters. The van der Waals surface area contributed by atoms with E-state index in [2.05, 4.69) is 6.20 Å². The number of carbonyl (C=O) groups is 2. The van der Waals surface area contributed by atoms with Crippen LogP contribution in [-0.4, -0.2) is 72.4 Å². The molecule has 2 saturated carbocycles. The Balaban J connectivity index is 0.000000806. The molecule has 0 aromatic carbocycles. The number of nitrogens with zero attached hydrogens (tertiary/aromatic N) is 3. The summed E-state index contributed by atoms with van der Waals surface area (Å²) in [5, 5.41) is 11.7. The van der Waals surface area contributed by atoms with Crippen LogP contribution in [0.5, 0.6) is 0 Å². The zero-order valence-corrected chi connectivity index (χ0v) is 18.2. The maximum Gasteiger partial charge on any atom is 0.290 e. The summed E-state index contributed by atoms with van der Waals surface area (Å²) in [4.78, 5) is 22.7. The first-order valence-electron chi connectivity index (χ1n) is 10.5. The summed E-state index contributed by atoms with van der Waals surface area (Å²) in [6.07, 6.45) is 8.33. The number of sulfone groups is 1. The zero-order chi connectivity index (χ0) is 21.7. The molecule has 1 aromatic rings. The fourth-order valence-electron chi connectivity index (χ4n) is 3.64. The summed E-state index contributed by atoms with van der Waals surface area (Å²) in [5.41, 5.74) is 2.13. The van der Waals surface area contributed by atoms with Crippen molar-refractivity contribution in [2.45, 2.75) is 51.1 Å². The molecule has 0 spiro atoms. The minimum absolute atomic E-state index is 0.0417. The van der Waals surface area contributed by atoms with Crippen LogP contribution in [0.2, 0.25) is 0 Å². The molecule has 30 heavy (non-hydrogen) atoms. The second-order valence-electron chi connectivity index (χ2n) is 8.64. The van der Waals surface area contributed by atoms with Gasteiger partial charge >= 0.3 is 0 Å². The molecule has 2 fully saturated rings. The quantitative estimate of drug-likeness (QED) is 0.573. The highest BCUT2D eigenvalue weighted by Gasteiger charge is 2.33. The number of hydrogen-bond acceptors (Lipinski definition) is 6. The number of rotatable bonds is 9. The van der Waals surface area contributed by atoms with Crippen molar-refractivity contribution in [3.05, 3.63) is 17.5 Å². The van der Waals surface area contributed by atoms with Gasteiger partial charge in [0.05, 0.1) is 18.1 Å². The largest absolute Gasteiger partial charge is 0.483 e. The lowest BCUT2D eigenvalue weighted by atomic mass is 9.97. The van der Waals surface area contributed by atoms with Gasteiger partial charge in [0.2, 0.25) is 5.91 Å². The van der Waals surface area contributed by atoms with Crippen LogP contribution in [0.3, 0.4) is 0 Å². The Labute approximate surface area is 177 Å². The third-order valence-electron chi connectivity index (χ3n) is 5.61. The standard InChI is InChI=1S/C19H29N3O4S.CH2O2/c1-27(24,25)7-6-18(23)21-9-16-11-22(8-14-2-3-14)20-19(16)17(10-21)13-26-12-15-4-5-15;2-1-3/h11,14-15,17H,2-10,12-13H2,1H3;1H,(H,2,3). The third kappa shape index (κ3) is 7.09. The van der Waals surface area contributed by atoms with Gasteiger partial charge in [0.15, 0.2) is 0 Å². The topological polar surface area (TPSA) is 119 Å². The fourth-order valence-corrected chi connectivity index (χ4v) is 4.18. The van der Waals surface area contributed by atoms with Crippen LogP contribution in [0.15, 0.2) is 6.20 Å². The van der Waals surface area contributed by atoms with E-state index in [4.69, 9.17) is 19.7 Å². The van der Waals surface area contributed by atoms with E-state index in [9.17, 15) is 13.2 Å². The summed E-state index contributed by atoms with van der Waals surface area (Å²) >= 11 is 0. The highest BCUT2D eigenvalue weighted by atomic mass is 32.2. The van der Waals surface area contributed by atoms with Crippen LogP contribution in [0.25, 0.3) is 0 Å². The van der Waals surface area contributed by atoms with Gasteiger partial charge in [0.25, 0.3) is 6.47 Å². The van der Waals surface area contributed by atoms with Gasteiger partial charge in [0, 0.05) is 56.6 Å². The number of amides is 1. The predicted molar refractivity (Wildman–Crippen MR) is 110 cm³/mol. The first-order valence-corrected chi connectivity index (χ1v) is 12.5. The van der Waals surface area contributed by atoms with Gasteiger partial charge in [0.1, 0.15) is 9.84 Å². The summed E-state index contributed by atoms with van der Waals surface area (Å²) in [5.74, 6) is 1.30. The molecule has 1 aliphatic heterocycles.